The molecule has 0 amide bonds. The molecular weight excluding hydrogens is 574 g/mol. The summed E-state index contributed by atoms with van der Waals surface area (Å²) in [7, 11) is -0.877. The van der Waals surface area contributed by atoms with Crippen LogP contribution in [-0.4, -0.2) is 12.1 Å². The van der Waals surface area contributed by atoms with Crippen LogP contribution in [0.15, 0.2) is 160 Å². The van der Waals surface area contributed by atoms with Crippen molar-refractivity contribution in [3.05, 3.63) is 157 Å². The first-order chi connectivity index (χ1) is 19.7. The van der Waals surface area contributed by atoms with Crippen LogP contribution in [0.4, 0.5) is 0 Å². The van der Waals surface area contributed by atoms with Crippen LogP contribution in [0.1, 0.15) is 11.3 Å². The number of hydrogen-bond acceptors (Lipinski definition) is 5. The van der Waals surface area contributed by atoms with Crippen LogP contribution in [0.5, 0.6) is 5.75 Å². The maximum Gasteiger partial charge on any atom is 2.00 e. The van der Waals surface area contributed by atoms with E-state index in [1.165, 1.54) is 40.5 Å². The first-order valence-corrected chi connectivity index (χ1v) is 14.2. The third-order valence-corrected chi connectivity index (χ3v) is 8.92. The van der Waals surface area contributed by atoms with Gasteiger partial charge in [-0.05, 0) is 64.9 Å². The summed E-state index contributed by atoms with van der Waals surface area (Å²) in [5.74, 6) is -0.658. The number of benzene rings is 5. The Morgan fingerprint density at radius 3 is 1.71 bits per heavy atom. The topological polar surface area (TPSA) is 84.0 Å². The maximum absolute atomic E-state index is 11.9. The van der Waals surface area contributed by atoms with Gasteiger partial charge in [0.05, 0.1) is 26.3 Å². The van der Waals surface area contributed by atoms with Gasteiger partial charge in [0.25, 0.3) is 0 Å². The van der Waals surface area contributed by atoms with Crippen molar-refractivity contribution < 1.29 is 31.1 Å². The van der Waals surface area contributed by atoms with Crippen molar-refractivity contribution in [2.75, 3.05) is 0 Å². The summed E-state index contributed by atoms with van der Waals surface area (Å²) in [6.07, 6.45) is 2.68. The van der Waals surface area contributed by atoms with E-state index in [9.17, 15) is 10.2 Å². The van der Waals surface area contributed by atoms with Crippen molar-refractivity contribution in [1.29, 1.82) is 0 Å². The number of rotatable bonds is 6. The molecule has 1 aromatic heterocycles. The molecule has 1 heterocycles. The fourth-order valence-electron chi connectivity index (χ4n) is 4.31. The smallest absolute Gasteiger partial charge is 0.872 e. The molecule has 204 valence electrons. The van der Waals surface area contributed by atoms with Crippen LogP contribution < -0.4 is 26.1 Å². The van der Waals surface area contributed by atoms with Crippen LogP contribution in [0, 0.1) is 0 Å². The average molecular weight is 600 g/mol. The summed E-state index contributed by atoms with van der Waals surface area (Å²) in [4.78, 5) is 0. The predicted octanol–water partition coefficient (Wildman–Crippen LogP) is 4.82. The summed E-state index contributed by atoms with van der Waals surface area (Å²) in [6.45, 7) is 0. The largest absolute Gasteiger partial charge is 2.00 e. The zero-order valence-electron chi connectivity index (χ0n) is 21.9. The van der Waals surface area contributed by atoms with Gasteiger partial charge in [0.15, 0.2) is 0 Å². The van der Waals surface area contributed by atoms with Crippen LogP contribution in [0.2, 0.25) is 0 Å². The number of fused-ring (bicyclic) bond motifs is 1. The third-order valence-electron chi connectivity index (χ3n) is 6.19. The van der Waals surface area contributed by atoms with E-state index < -0.39 is 13.8 Å². The van der Waals surface area contributed by atoms with Crippen molar-refractivity contribution in [3.63, 3.8) is 0 Å². The van der Waals surface area contributed by atoms with Gasteiger partial charge < -0.3 is 14.6 Å². The monoisotopic (exact) mass is 599 g/mol. The van der Waals surface area contributed by atoms with Crippen molar-refractivity contribution in [2.24, 2.45) is 10.2 Å². The Bertz CT molecular complexity index is 1620. The van der Waals surface area contributed by atoms with E-state index in [0.29, 0.717) is 5.56 Å². The molecule has 0 aliphatic heterocycles. The molecule has 6 aromatic rings. The van der Waals surface area contributed by atoms with Gasteiger partial charge in [0.2, 0.25) is 0 Å². The Labute approximate surface area is 250 Å². The fourth-order valence-corrected chi connectivity index (χ4v) is 6.89. The minimum Gasteiger partial charge on any atom is -0.872 e. The molecule has 6 rings (SSSR count). The molecule has 41 heavy (non-hydrogen) atoms. The van der Waals surface area contributed by atoms with Gasteiger partial charge in [0.1, 0.15) is 21.7 Å². The van der Waals surface area contributed by atoms with Crippen LogP contribution >= 0.6 is 7.92 Å². The van der Waals surface area contributed by atoms with Gasteiger partial charge in [-0.1, -0.05) is 96.7 Å². The van der Waals surface area contributed by atoms with Crippen LogP contribution in [-0.2, 0) is 16.5 Å². The SMILES string of the molecule is [Ni+2].[O-]/C(=N\N=C\c1c([O-])ccc2ccccc12)c1ccco1.c1ccc([PH+](c2ccccc2)c2ccccc2)cc1. The van der Waals surface area contributed by atoms with E-state index in [-0.39, 0.29) is 28.0 Å². The zero-order chi connectivity index (χ0) is 27.6. The second-order valence-corrected chi connectivity index (χ2v) is 11.3. The Balaban J connectivity index is 0.000000185. The quantitative estimate of drug-likeness (QED) is 0.0904. The van der Waals surface area contributed by atoms with E-state index >= 15 is 0 Å². The maximum atomic E-state index is 11.9. The molecule has 5 aromatic carbocycles. The van der Waals surface area contributed by atoms with Gasteiger partial charge in [-0.3, -0.25) is 0 Å². The van der Waals surface area contributed by atoms with Crippen LogP contribution in [0.25, 0.3) is 10.8 Å². The van der Waals surface area contributed by atoms with E-state index in [1.807, 2.05) is 24.3 Å². The van der Waals surface area contributed by atoms with Crippen molar-refractivity contribution >= 4 is 46.7 Å². The van der Waals surface area contributed by atoms with Gasteiger partial charge >= 0.3 is 16.5 Å². The van der Waals surface area contributed by atoms with E-state index in [2.05, 4.69) is 101 Å². The molecule has 0 saturated carbocycles. The van der Waals surface area contributed by atoms with Crippen molar-refractivity contribution in [1.82, 2.24) is 0 Å². The molecule has 0 aliphatic carbocycles. The zero-order valence-corrected chi connectivity index (χ0v) is 23.9. The molecule has 0 spiro atoms. The molecule has 0 unspecified atom stereocenters. The number of nitrogens with zero attached hydrogens (tertiary/aromatic N) is 2. The van der Waals surface area contributed by atoms with Gasteiger partial charge in [0, 0.05) is 0 Å². The standard InChI is InChI=1S/C18H15P.C16H12N2O3.Ni/c1-4-10-16(11-5-1)19(17-12-6-2-7-13-17)18-14-8-3-9-15-18;19-14-8-7-11-4-1-2-5-12(11)13(14)10-17-18-16(20)15-6-3-9-21-15;/h1-15H;1-10,19H,(H,18,20);/q;;+2/p-1/b;17-10+;. The van der Waals surface area contributed by atoms with Gasteiger partial charge in [-0.25, -0.2) is 0 Å². The Kier molecular flexibility index (Phi) is 10.6. The molecule has 0 N–H and O–H groups in total. The Morgan fingerprint density at radius 2 is 1.17 bits per heavy atom. The first-order valence-electron chi connectivity index (χ1n) is 12.7. The minimum absolute atomic E-state index is 0. The Hall–Kier alpha value is -4.50. The van der Waals surface area contributed by atoms with Crippen molar-refractivity contribution in [2.45, 2.75) is 0 Å². The third kappa shape index (κ3) is 7.58. The van der Waals surface area contributed by atoms with Crippen LogP contribution in [0.3, 0.4) is 0 Å². The van der Waals surface area contributed by atoms with Crippen molar-refractivity contribution in [3.8, 4) is 5.75 Å². The molecule has 0 saturated heterocycles. The van der Waals surface area contributed by atoms with Gasteiger partial charge in [-0.2, -0.15) is 10.2 Å². The number of hydrogen-bond donors (Lipinski definition) is 0. The molecule has 0 aliphatic rings. The summed E-state index contributed by atoms with van der Waals surface area (Å²) < 4.78 is 4.91. The second-order valence-electron chi connectivity index (χ2n) is 8.80. The molecule has 0 fully saturated rings. The molecule has 0 radical (unpaired) electrons. The molecular formula is C34H26N2NiO3P+. The average Bonchev–Trinajstić information content (AvgIpc) is 3.56. The molecule has 0 atom stereocenters. The number of furan rings is 1. The van der Waals surface area contributed by atoms with E-state index in [4.69, 9.17) is 4.42 Å². The molecule has 7 heteroatoms. The van der Waals surface area contributed by atoms with E-state index in [0.717, 1.165) is 10.8 Å². The minimum atomic E-state index is -0.877. The summed E-state index contributed by atoms with van der Waals surface area (Å²) in [6, 6.07) is 46.3. The van der Waals surface area contributed by atoms with Gasteiger partial charge in [-0.15, -0.1) is 0 Å². The summed E-state index contributed by atoms with van der Waals surface area (Å²) in [5.41, 5.74) is 0.407. The molecule has 5 nitrogen and oxygen atoms in total. The van der Waals surface area contributed by atoms with E-state index in [1.54, 1.807) is 12.1 Å². The summed E-state index contributed by atoms with van der Waals surface area (Å²) in [5, 5.41) is 36.7. The fraction of sp³-hybridized carbons (Fsp3) is 0. The predicted molar refractivity (Wildman–Crippen MR) is 163 cm³/mol. The Morgan fingerprint density at radius 1 is 0.634 bits per heavy atom. The summed E-state index contributed by atoms with van der Waals surface area (Å²) >= 11 is 0. The first kappa shape index (κ1) is 29.5. The molecule has 0 bridgehead atoms. The second kappa shape index (κ2) is 14.8. The normalized spacial score (nSPS) is 11.2.